The molecule has 1 fully saturated rings. The van der Waals surface area contributed by atoms with E-state index in [-0.39, 0.29) is 11.6 Å². The van der Waals surface area contributed by atoms with E-state index >= 15 is 0 Å². The third kappa shape index (κ3) is 3.64. The summed E-state index contributed by atoms with van der Waals surface area (Å²) >= 11 is 0. The van der Waals surface area contributed by atoms with Crippen molar-refractivity contribution in [3.05, 3.63) is 18.0 Å². The average molecular weight is 299 g/mol. The molecule has 1 amide bonds. The smallest absolute Gasteiger partial charge is 0.251 e. The van der Waals surface area contributed by atoms with E-state index in [0.29, 0.717) is 31.9 Å². The topological polar surface area (TPSA) is 118 Å². The standard InChI is InChI=1S/C11H17N5O3S/c1-20(18,19)16-4-2-9(3-5-16)15-11-13-6-8(7-14-11)10(12)17/h6-7,9H,2-5H2,1H3,(H2,12,17)(H,13,14,15). The number of aromatic nitrogens is 2. The van der Waals surface area contributed by atoms with Gasteiger partial charge in [-0.25, -0.2) is 22.7 Å². The molecule has 110 valence electrons. The van der Waals surface area contributed by atoms with Gasteiger partial charge in [0.25, 0.3) is 5.91 Å². The molecule has 0 aliphatic carbocycles. The van der Waals surface area contributed by atoms with E-state index in [9.17, 15) is 13.2 Å². The molecule has 1 aromatic heterocycles. The maximum absolute atomic E-state index is 11.4. The van der Waals surface area contributed by atoms with Gasteiger partial charge in [-0.05, 0) is 12.8 Å². The van der Waals surface area contributed by atoms with Gasteiger partial charge in [0, 0.05) is 31.5 Å². The molecular formula is C11H17N5O3S. The van der Waals surface area contributed by atoms with Gasteiger partial charge in [-0.15, -0.1) is 0 Å². The van der Waals surface area contributed by atoms with E-state index in [1.807, 2.05) is 0 Å². The number of rotatable bonds is 4. The summed E-state index contributed by atoms with van der Waals surface area (Å²) in [5, 5.41) is 3.12. The Morgan fingerprint density at radius 2 is 1.90 bits per heavy atom. The van der Waals surface area contributed by atoms with Crippen molar-refractivity contribution < 1.29 is 13.2 Å². The first-order chi connectivity index (χ1) is 9.36. The van der Waals surface area contributed by atoms with Crippen molar-refractivity contribution in [2.75, 3.05) is 24.7 Å². The summed E-state index contributed by atoms with van der Waals surface area (Å²) in [4.78, 5) is 18.9. The number of hydrogen-bond donors (Lipinski definition) is 2. The van der Waals surface area contributed by atoms with Crippen LogP contribution < -0.4 is 11.1 Å². The molecule has 0 aromatic carbocycles. The van der Waals surface area contributed by atoms with Gasteiger partial charge in [0.1, 0.15) is 0 Å². The highest BCUT2D eigenvalue weighted by Crippen LogP contribution is 2.16. The minimum atomic E-state index is -3.11. The van der Waals surface area contributed by atoms with Crippen molar-refractivity contribution in [2.45, 2.75) is 18.9 Å². The van der Waals surface area contributed by atoms with E-state index in [1.54, 1.807) is 0 Å². The van der Waals surface area contributed by atoms with Crippen molar-refractivity contribution in [2.24, 2.45) is 5.73 Å². The highest BCUT2D eigenvalue weighted by molar-refractivity contribution is 7.88. The van der Waals surface area contributed by atoms with Crippen LogP contribution in [-0.2, 0) is 10.0 Å². The summed E-state index contributed by atoms with van der Waals surface area (Å²) < 4.78 is 24.2. The lowest BCUT2D eigenvalue weighted by Crippen LogP contribution is -2.42. The summed E-state index contributed by atoms with van der Waals surface area (Å²) in [7, 11) is -3.11. The highest BCUT2D eigenvalue weighted by Gasteiger charge is 2.25. The lowest BCUT2D eigenvalue weighted by atomic mass is 10.1. The predicted molar refractivity (Wildman–Crippen MR) is 73.6 cm³/mol. The number of carbonyl (C=O) groups excluding carboxylic acids is 1. The van der Waals surface area contributed by atoms with E-state index in [1.165, 1.54) is 23.0 Å². The summed E-state index contributed by atoms with van der Waals surface area (Å²) in [6, 6.07) is 0.118. The molecule has 9 heteroatoms. The largest absolute Gasteiger partial charge is 0.366 e. The van der Waals surface area contributed by atoms with Gasteiger partial charge in [-0.2, -0.15) is 0 Å². The molecule has 8 nitrogen and oxygen atoms in total. The first-order valence-electron chi connectivity index (χ1n) is 6.20. The third-order valence-electron chi connectivity index (χ3n) is 3.19. The molecule has 0 unspecified atom stereocenters. The van der Waals surface area contributed by atoms with E-state index in [2.05, 4.69) is 15.3 Å². The van der Waals surface area contributed by atoms with Crippen molar-refractivity contribution in [1.29, 1.82) is 0 Å². The molecule has 0 radical (unpaired) electrons. The minimum Gasteiger partial charge on any atom is -0.366 e. The van der Waals surface area contributed by atoms with Crippen molar-refractivity contribution in [1.82, 2.24) is 14.3 Å². The van der Waals surface area contributed by atoms with Gasteiger partial charge < -0.3 is 11.1 Å². The number of carbonyl (C=O) groups is 1. The molecule has 1 saturated heterocycles. The fraction of sp³-hybridized carbons (Fsp3) is 0.545. The quantitative estimate of drug-likeness (QED) is 0.767. The van der Waals surface area contributed by atoms with Crippen LogP contribution >= 0.6 is 0 Å². The first kappa shape index (κ1) is 14.7. The molecule has 3 N–H and O–H groups in total. The molecule has 20 heavy (non-hydrogen) atoms. The fourth-order valence-electron chi connectivity index (χ4n) is 2.04. The van der Waals surface area contributed by atoms with Crippen LogP contribution in [0.1, 0.15) is 23.2 Å². The van der Waals surface area contributed by atoms with E-state index in [4.69, 9.17) is 5.73 Å². The molecule has 0 bridgehead atoms. The normalized spacial score (nSPS) is 17.9. The molecule has 2 heterocycles. The minimum absolute atomic E-state index is 0.118. The zero-order valence-corrected chi connectivity index (χ0v) is 11.9. The van der Waals surface area contributed by atoms with Gasteiger partial charge >= 0.3 is 0 Å². The van der Waals surface area contributed by atoms with Crippen LogP contribution in [0.5, 0.6) is 0 Å². The lowest BCUT2D eigenvalue weighted by Gasteiger charge is -2.30. The van der Waals surface area contributed by atoms with E-state index in [0.717, 1.165) is 0 Å². The Balaban J connectivity index is 1.91. The molecular weight excluding hydrogens is 282 g/mol. The Morgan fingerprint density at radius 3 is 2.35 bits per heavy atom. The van der Waals surface area contributed by atoms with Gasteiger partial charge in [-0.3, -0.25) is 4.79 Å². The summed E-state index contributed by atoms with van der Waals surface area (Å²) in [6.07, 6.45) is 5.32. The number of anilines is 1. The average Bonchev–Trinajstić information content (AvgIpc) is 2.39. The number of primary amides is 1. The van der Waals surface area contributed by atoms with Gasteiger partial charge in [-0.1, -0.05) is 0 Å². The molecule has 2 rings (SSSR count). The second-order valence-electron chi connectivity index (χ2n) is 4.74. The number of nitrogens with one attached hydrogen (secondary N) is 1. The number of piperidine rings is 1. The van der Waals surface area contributed by atoms with Crippen molar-refractivity contribution in [3.63, 3.8) is 0 Å². The number of nitrogens with two attached hydrogens (primary N) is 1. The van der Waals surface area contributed by atoms with Gasteiger partial charge in [0.2, 0.25) is 16.0 Å². The Bertz CT molecular complexity index is 579. The summed E-state index contributed by atoms with van der Waals surface area (Å²) in [6.45, 7) is 0.964. The number of amides is 1. The molecule has 0 saturated carbocycles. The second kappa shape index (κ2) is 5.71. The van der Waals surface area contributed by atoms with Crippen LogP contribution in [0, 0.1) is 0 Å². The monoisotopic (exact) mass is 299 g/mol. The highest BCUT2D eigenvalue weighted by atomic mass is 32.2. The Morgan fingerprint density at radius 1 is 1.35 bits per heavy atom. The van der Waals surface area contributed by atoms with Crippen molar-refractivity contribution >= 4 is 21.9 Å². The lowest BCUT2D eigenvalue weighted by molar-refractivity contribution is 0.0999. The Hall–Kier alpha value is -1.74. The Labute approximate surface area is 117 Å². The maximum Gasteiger partial charge on any atom is 0.251 e. The van der Waals surface area contributed by atoms with Crippen LogP contribution in [0.2, 0.25) is 0 Å². The van der Waals surface area contributed by atoms with Gasteiger partial charge in [0.05, 0.1) is 11.8 Å². The van der Waals surface area contributed by atoms with Crippen LogP contribution in [0.15, 0.2) is 12.4 Å². The Kier molecular flexibility index (Phi) is 4.19. The maximum atomic E-state index is 11.4. The zero-order valence-electron chi connectivity index (χ0n) is 11.1. The molecule has 0 atom stereocenters. The van der Waals surface area contributed by atoms with Crippen molar-refractivity contribution in [3.8, 4) is 0 Å². The number of hydrogen-bond acceptors (Lipinski definition) is 6. The predicted octanol–water partition coefficient (Wildman–Crippen LogP) is -0.589. The third-order valence-corrected chi connectivity index (χ3v) is 4.50. The first-order valence-corrected chi connectivity index (χ1v) is 8.04. The molecule has 1 aliphatic rings. The van der Waals surface area contributed by atoms with Crippen LogP contribution in [0.3, 0.4) is 0 Å². The zero-order chi connectivity index (χ0) is 14.8. The van der Waals surface area contributed by atoms with Crippen LogP contribution in [0.25, 0.3) is 0 Å². The number of nitrogens with zero attached hydrogens (tertiary/aromatic N) is 3. The fourth-order valence-corrected chi connectivity index (χ4v) is 2.92. The van der Waals surface area contributed by atoms with Crippen LogP contribution in [0.4, 0.5) is 5.95 Å². The molecule has 1 aliphatic heterocycles. The second-order valence-corrected chi connectivity index (χ2v) is 6.72. The summed E-state index contributed by atoms with van der Waals surface area (Å²) in [5.41, 5.74) is 5.35. The molecule has 1 aromatic rings. The van der Waals surface area contributed by atoms with Gasteiger partial charge in [0.15, 0.2) is 0 Å². The summed E-state index contributed by atoms with van der Waals surface area (Å²) in [5.74, 6) is -0.161. The number of sulfonamides is 1. The molecule has 0 spiro atoms. The van der Waals surface area contributed by atoms with E-state index < -0.39 is 15.9 Å². The van der Waals surface area contributed by atoms with Crippen LogP contribution in [-0.4, -0.2) is 54.0 Å². The SMILES string of the molecule is CS(=O)(=O)N1CCC(Nc2ncc(C(N)=O)cn2)CC1.